The molecule has 0 bridgehead atoms. The zero-order valence-electron chi connectivity index (χ0n) is 12.9. The van der Waals surface area contributed by atoms with Crippen LogP contribution in [0, 0.1) is 6.92 Å². The van der Waals surface area contributed by atoms with Crippen LogP contribution >= 0.6 is 0 Å². The number of aromatic amines is 1. The maximum atomic E-state index is 11.2. The Morgan fingerprint density at radius 3 is 2.50 bits per heavy atom. The molecule has 2 rings (SSSR count). The van der Waals surface area contributed by atoms with Gasteiger partial charge in [0.2, 0.25) is 0 Å². The molecule has 0 aliphatic heterocycles. The van der Waals surface area contributed by atoms with Crippen LogP contribution in [0.4, 0.5) is 0 Å². The van der Waals surface area contributed by atoms with Crippen molar-refractivity contribution in [2.45, 2.75) is 39.0 Å². The summed E-state index contributed by atoms with van der Waals surface area (Å²) in [5, 5.41) is 28.4. The Kier molecular flexibility index (Phi) is 5.57. The number of H-pyrrole nitrogens is 1. The second kappa shape index (κ2) is 7.42. The maximum Gasteiger partial charge on any atom is 0.336 e. The minimum Gasteiger partial charge on any atom is -0.478 e. The topological polar surface area (TPSA) is 93.5 Å². The van der Waals surface area contributed by atoms with Gasteiger partial charge in [-0.15, -0.1) is 0 Å². The van der Waals surface area contributed by atoms with E-state index in [0.717, 1.165) is 53.4 Å². The molecule has 0 aliphatic carbocycles. The molecule has 120 valence electrons. The Labute approximate surface area is 129 Å². The molecule has 5 nitrogen and oxygen atoms in total. The molecule has 0 amide bonds. The molecule has 0 unspecified atom stereocenters. The number of carbonyl (C=O) groups is 1. The highest BCUT2D eigenvalue weighted by Gasteiger charge is 2.15. The second-order valence-electron chi connectivity index (χ2n) is 5.61. The summed E-state index contributed by atoms with van der Waals surface area (Å²) < 4.78 is 0. The smallest absolute Gasteiger partial charge is 0.336 e. The Balaban J connectivity index is 2.38. The SMILES string of the molecule is Cc1cc2c(CCO)c(CCCCCO)[nH]c2cc1C(=O)O. The highest BCUT2D eigenvalue weighted by atomic mass is 16.4. The summed E-state index contributed by atoms with van der Waals surface area (Å²) in [5.41, 5.74) is 3.97. The monoisotopic (exact) mass is 305 g/mol. The largest absolute Gasteiger partial charge is 0.478 e. The van der Waals surface area contributed by atoms with Crippen LogP contribution < -0.4 is 0 Å². The number of nitrogens with one attached hydrogen (secondary N) is 1. The van der Waals surface area contributed by atoms with Crippen molar-refractivity contribution >= 4 is 16.9 Å². The van der Waals surface area contributed by atoms with Gasteiger partial charge in [0, 0.05) is 29.8 Å². The predicted octanol–water partition coefficient (Wildman–Crippen LogP) is 2.41. The van der Waals surface area contributed by atoms with Gasteiger partial charge >= 0.3 is 5.97 Å². The lowest BCUT2D eigenvalue weighted by molar-refractivity contribution is 0.0696. The van der Waals surface area contributed by atoms with E-state index in [1.807, 2.05) is 6.07 Å². The Hall–Kier alpha value is -1.85. The Bertz CT molecular complexity index is 660. The molecule has 2 aromatic rings. The van der Waals surface area contributed by atoms with E-state index in [9.17, 15) is 15.0 Å². The number of carboxylic acids is 1. The number of aryl methyl sites for hydroxylation is 2. The van der Waals surface area contributed by atoms with Gasteiger partial charge in [-0.25, -0.2) is 4.79 Å². The number of rotatable bonds is 8. The van der Waals surface area contributed by atoms with Crippen LogP contribution in [0.3, 0.4) is 0 Å². The predicted molar refractivity (Wildman–Crippen MR) is 85.4 cm³/mol. The zero-order chi connectivity index (χ0) is 16.1. The number of aromatic carboxylic acids is 1. The molecule has 0 aliphatic rings. The summed E-state index contributed by atoms with van der Waals surface area (Å²) in [6, 6.07) is 3.56. The van der Waals surface area contributed by atoms with Crippen molar-refractivity contribution in [3.05, 3.63) is 34.5 Å². The first kappa shape index (κ1) is 16.5. The summed E-state index contributed by atoms with van der Waals surface area (Å²) in [4.78, 5) is 14.6. The third-order valence-corrected chi connectivity index (χ3v) is 4.02. The van der Waals surface area contributed by atoms with E-state index in [1.165, 1.54) is 0 Å². The number of aromatic nitrogens is 1. The van der Waals surface area contributed by atoms with E-state index in [-0.39, 0.29) is 13.2 Å². The normalized spacial score (nSPS) is 11.2. The fourth-order valence-corrected chi connectivity index (χ4v) is 2.89. The number of hydrogen-bond donors (Lipinski definition) is 4. The summed E-state index contributed by atoms with van der Waals surface area (Å²) in [6.07, 6.45) is 4.09. The molecule has 0 fully saturated rings. The minimum atomic E-state index is -0.929. The molecule has 0 atom stereocenters. The number of carboxylic acid groups (broad SMARTS) is 1. The van der Waals surface area contributed by atoms with Gasteiger partial charge < -0.3 is 20.3 Å². The van der Waals surface area contributed by atoms with Gasteiger partial charge in [-0.1, -0.05) is 6.42 Å². The van der Waals surface area contributed by atoms with Crippen LogP contribution in [0.2, 0.25) is 0 Å². The van der Waals surface area contributed by atoms with Crippen LogP contribution in [0.5, 0.6) is 0 Å². The summed E-state index contributed by atoms with van der Waals surface area (Å²) in [6.45, 7) is 2.06. The maximum absolute atomic E-state index is 11.2. The lowest BCUT2D eigenvalue weighted by Crippen LogP contribution is -1.99. The summed E-state index contributed by atoms with van der Waals surface area (Å²) in [7, 11) is 0. The third-order valence-electron chi connectivity index (χ3n) is 4.02. The highest BCUT2D eigenvalue weighted by molar-refractivity contribution is 5.96. The van der Waals surface area contributed by atoms with Crippen molar-refractivity contribution in [3.8, 4) is 0 Å². The van der Waals surface area contributed by atoms with E-state index in [0.29, 0.717) is 12.0 Å². The average Bonchev–Trinajstić information content (AvgIpc) is 2.80. The van der Waals surface area contributed by atoms with Gasteiger partial charge in [0.1, 0.15) is 0 Å². The fraction of sp³-hybridized carbons (Fsp3) is 0.471. The van der Waals surface area contributed by atoms with Crippen molar-refractivity contribution in [1.29, 1.82) is 0 Å². The van der Waals surface area contributed by atoms with E-state index in [4.69, 9.17) is 5.11 Å². The van der Waals surface area contributed by atoms with Crippen LogP contribution in [0.1, 0.15) is 46.4 Å². The molecule has 0 saturated carbocycles. The standard InChI is InChI=1S/C17H23NO4/c1-11-9-14-12(6-8-20)15(5-3-2-4-7-19)18-16(14)10-13(11)17(21)22/h9-10,18-20H,2-8H2,1H3,(H,21,22). The number of fused-ring (bicyclic) bond motifs is 1. The quantitative estimate of drug-likeness (QED) is 0.563. The lowest BCUT2D eigenvalue weighted by Gasteiger charge is -2.04. The number of aliphatic hydroxyl groups is 2. The number of unbranched alkanes of at least 4 members (excludes halogenated alkanes) is 2. The Morgan fingerprint density at radius 2 is 1.86 bits per heavy atom. The van der Waals surface area contributed by atoms with E-state index in [2.05, 4.69) is 4.98 Å². The fourth-order valence-electron chi connectivity index (χ4n) is 2.89. The van der Waals surface area contributed by atoms with Gasteiger partial charge in [0.25, 0.3) is 0 Å². The second-order valence-corrected chi connectivity index (χ2v) is 5.61. The molecular weight excluding hydrogens is 282 g/mol. The van der Waals surface area contributed by atoms with Crippen LogP contribution in [0.15, 0.2) is 12.1 Å². The third kappa shape index (κ3) is 3.48. The average molecular weight is 305 g/mol. The molecule has 0 radical (unpaired) electrons. The molecule has 0 spiro atoms. The summed E-state index contributed by atoms with van der Waals surface area (Å²) >= 11 is 0. The molecule has 1 aromatic heterocycles. The molecule has 4 N–H and O–H groups in total. The van der Waals surface area contributed by atoms with E-state index in [1.54, 1.807) is 13.0 Å². The molecule has 0 saturated heterocycles. The van der Waals surface area contributed by atoms with Gasteiger partial charge in [-0.2, -0.15) is 0 Å². The van der Waals surface area contributed by atoms with Crippen LogP contribution in [-0.2, 0) is 12.8 Å². The first-order chi connectivity index (χ1) is 10.6. The molecular formula is C17H23NO4. The van der Waals surface area contributed by atoms with Crippen molar-refractivity contribution < 1.29 is 20.1 Å². The van der Waals surface area contributed by atoms with Gasteiger partial charge in [0.15, 0.2) is 0 Å². The van der Waals surface area contributed by atoms with Crippen LogP contribution in [-0.4, -0.2) is 39.5 Å². The van der Waals surface area contributed by atoms with Crippen molar-refractivity contribution in [1.82, 2.24) is 4.98 Å². The Morgan fingerprint density at radius 1 is 1.09 bits per heavy atom. The molecule has 1 aromatic carbocycles. The molecule has 1 heterocycles. The van der Waals surface area contributed by atoms with Crippen molar-refractivity contribution in [2.75, 3.05) is 13.2 Å². The van der Waals surface area contributed by atoms with Crippen molar-refractivity contribution in [2.24, 2.45) is 0 Å². The van der Waals surface area contributed by atoms with E-state index < -0.39 is 5.97 Å². The molecule has 22 heavy (non-hydrogen) atoms. The summed E-state index contributed by atoms with van der Waals surface area (Å²) in [5.74, 6) is -0.929. The number of hydrogen-bond acceptors (Lipinski definition) is 3. The van der Waals surface area contributed by atoms with Gasteiger partial charge in [0.05, 0.1) is 5.56 Å². The minimum absolute atomic E-state index is 0.0658. The van der Waals surface area contributed by atoms with E-state index >= 15 is 0 Å². The van der Waals surface area contributed by atoms with Gasteiger partial charge in [-0.3, -0.25) is 0 Å². The zero-order valence-corrected chi connectivity index (χ0v) is 12.9. The van der Waals surface area contributed by atoms with Crippen LogP contribution in [0.25, 0.3) is 10.9 Å². The molecule has 5 heteroatoms. The first-order valence-electron chi connectivity index (χ1n) is 7.67. The van der Waals surface area contributed by atoms with Crippen molar-refractivity contribution in [3.63, 3.8) is 0 Å². The first-order valence-corrected chi connectivity index (χ1v) is 7.67. The van der Waals surface area contributed by atoms with Gasteiger partial charge in [-0.05, 0) is 55.9 Å². The number of benzene rings is 1. The number of aliphatic hydroxyl groups excluding tert-OH is 2. The lowest BCUT2D eigenvalue weighted by atomic mass is 10.0. The highest BCUT2D eigenvalue weighted by Crippen LogP contribution is 2.27.